The lowest BCUT2D eigenvalue weighted by atomic mass is 10.0. The van der Waals surface area contributed by atoms with Crippen LogP contribution in [0.2, 0.25) is 0 Å². The van der Waals surface area contributed by atoms with Crippen molar-refractivity contribution in [3.63, 3.8) is 0 Å². The van der Waals surface area contributed by atoms with Crippen molar-refractivity contribution in [2.24, 2.45) is 0 Å². The molecule has 0 N–H and O–H groups in total. The number of nitrogens with zero attached hydrogens (tertiary/aromatic N) is 4. The average Bonchev–Trinajstić information content (AvgIpc) is 2.83. The van der Waals surface area contributed by atoms with E-state index in [0.717, 1.165) is 44.7 Å². The van der Waals surface area contributed by atoms with Crippen LogP contribution in [0.5, 0.6) is 0 Å². The molecule has 0 aromatic heterocycles. The smallest absolute Gasteiger partial charge is 0.123 e. The zero-order chi connectivity index (χ0) is 14.1. The summed E-state index contributed by atoms with van der Waals surface area (Å²) in [7, 11) is 4.28. The predicted octanol–water partition coefficient (Wildman–Crippen LogP) is 1.49. The van der Waals surface area contributed by atoms with Gasteiger partial charge >= 0.3 is 0 Å². The van der Waals surface area contributed by atoms with Crippen molar-refractivity contribution < 1.29 is 0 Å². The number of fused-ring (bicyclic) bond motifs is 1. The largest absolute Gasteiger partial charge is 0.374 e. The molecule has 0 bridgehead atoms. The molecule has 1 unspecified atom stereocenters. The van der Waals surface area contributed by atoms with Gasteiger partial charge in [0.25, 0.3) is 0 Å². The number of hydrogen-bond acceptors (Lipinski definition) is 4. The monoisotopic (exact) mass is 270 g/mol. The summed E-state index contributed by atoms with van der Waals surface area (Å²) in [6, 6.07) is 8.95. The van der Waals surface area contributed by atoms with E-state index in [0.29, 0.717) is 0 Å². The molecule has 20 heavy (non-hydrogen) atoms. The number of anilines is 1. The Morgan fingerprint density at radius 3 is 2.55 bits per heavy atom. The summed E-state index contributed by atoms with van der Waals surface area (Å²) >= 11 is 0. The van der Waals surface area contributed by atoms with Gasteiger partial charge in [-0.3, -0.25) is 4.90 Å². The van der Waals surface area contributed by atoms with E-state index in [9.17, 15) is 5.26 Å². The second-order valence-electron chi connectivity index (χ2n) is 5.93. The first-order valence-corrected chi connectivity index (χ1v) is 7.35. The van der Waals surface area contributed by atoms with Gasteiger partial charge in [0, 0.05) is 45.5 Å². The topological polar surface area (TPSA) is 33.5 Å². The van der Waals surface area contributed by atoms with Crippen molar-refractivity contribution in [3.8, 4) is 6.07 Å². The molecule has 4 nitrogen and oxygen atoms in total. The fourth-order valence-electron chi connectivity index (χ4n) is 3.20. The van der Waals surface area contributed by atoms with E-state index in [1.165, 1.54) is 11.3 Å². The summed E-state index contributed by atoms with van der Waals surface area (Å²) in [5.41, 5.74) is 3.87. The van der Waals surface area contributed by atoms with Crippen molar-refractivity contribution in [2.75, 3.05) is 51.7 Å². The Hall–Kier alpha value is -1.57. The lowest BCUT2D eigenvalue weighted by molar-refractivity contribution is 0.133. The van der Waals surface area contributed by atoms with Gasteiger partial charge in [-0.05, 0) is 30.7 Å². The minimum Gasteiger partial charge on any atom is -0.374 e. The molecule has 0 amide bonds. The molecule has 2 heterocycles. The first-order valence-electron chi connectivity index (χ1n) is 7.35. The molecule has 0 aliphatic carbocycles. The first-order chi connectivity index (χ1) is 9.69. The highest BCUT2D eigenvalue weighted by Gasteiger charge is 2.25. The summed E-state index contributed by atoms with van der Waals surface area (Å²) in [5, 5.41) is 9.58. The Balaban J connectivity index is 1.82. The van der Waals surface area contributed by atoms with E-state index in [-0.39, 0.29) is 6.04 Å². The van der Waals surface area contributed by atoms with E-state index in [1.54, 1.807) is 0 Å². The standard InChI is InChI=1S/C16H22N4/c1-18-7-9-20(10-8-18)16(12-17)13-3-4-15-14(11-13)5-6-19(15)2/h3-4,11,16H,5-10H2,1-2H3. The minimum absolute atomic E-state index is 0.0973. The normalized spacial score (nSPS) is 21.6. The van der Waals surface area contributed by atoms with Gasteiger partial charge in [-0.1, -0.05) is 12.1 Å². The number of hydrogen-bond donors (Lipinski definition) is 0. The van der Waals surface area contributed by atoms with Crippen LogP contribution in [0.1, 0.15) is 17.2 Å². The van der Waals surface area contributed by atoms with Crippen LogP contribution in [-0.2, 0) is 6.42 Å². The van der Waals surface area contributed by atoms with Crippen LogP contribution in [0.15, 0.2) is 18.2 Å². The van der Waals surface area contributed by atoms with Gasteiger partial charge in [0.1, 0.15) is 6.04 Å². The second-order valence-corrected chi connectivity index (χ2v) is 5.93. The lowest BCUT2D eigenvalue weighted by Crippen LogP contribution is -2.45. The van der Waals surface area contributed by atoms with Crippen LogP contribution in [0.3, 0.4) is 0 Å². The molecule has 2 aliphatic rings. The first kappa shape index (κ1) is 13.4. The number of piperazine rings is 1. The molecule has 1 saturated heterocycles. The predicted molar refractivity (Wildman–Crippen MR) is 80.8 cm³/mol. The van der Waals surface area contributed by atoms with Gasteiger partial charge in [0.2, 0.25) is 0 Å². The van der Waals surface area contributed by atoms with Gasteiger partial charge < -0.3 is 9.80 Å². The SMILES string of the molecule is CN1CCN(C(C#N)c2ccc3c(c2)CCN3C)CC1. The molecule has 4 heteroatoms. The van der Waals surface area contributed by atoms with E-state index >= 15 is 0 Å². The molecule has 1 aromatic carbocycles. The van der Waals surface area contributed by atoms with Gasteiger partial charge in [-0.2, -0.15) is 5.26 Å². The molecule has 0 radical (unpaired) electrons. The summed E-state index contributed by atoms with van der Waals surface area (Å²) in [6.07, 6.45) is 1.10. The summed E-state index contributed by atoms with van der Waals surface area (Å²) in [5.74, 6) is 0. The third-order valence-electron chi connectivity index (χ3n) is 4.57. The molecule has 1 aromatic rings. The highest BCUT2D eigenvalue weighted by atomic mass is 15.3. The quantitative estimate of drug-likeness (QED) is 0.815. The van der Waals surface area contributed by atoms with Crippen LogP contribution in [0.25, 0.3) is 0 Å². The Kier molecular flexibility index (Phi) is 3.64. The second kappa shape index (κ2) is 5.43. The molecule has 1 fully saturated rings. The van der Waals surface area contributed by atoms with Gasteiger partial charge in [-0.15, -0.1) is 0 Å². The van der Waals surface area contributed by atoms with Crippen LogP contribution < -0.4 is 4.90 Å². The van der Waals surface area contributed by atoms with Gasteiger partial charge in [0.15, 0.2) is 0 Å². The van der Waals surface area contributed by atoms with E-state index in [2.05, 4.69) is 53.1 Å². The van der Waals surface area contributed by atoms with Crippen molar-refractivity contribution in [1.29, 1.82) is 5.26 Å². The van der Waals surface area contributed by atoms with Crippen molar-refractivity contribution in [3.05, 3.63) is 29.3 Å². The van der Waals surface area contributed by atoms with Crippen LogP contribution >= 0.6 is 0 Å². The number of benzene rings is 1. The summed E-state index contributed by atoms with van der Waals surface area (Å²) in [4.78, 5) is 6.92. The van der Waals surface area contributed by atoms with E-state index in [1.807, 2.05) is 0 Å². The highest BCUT2D eigenvalue weighted by molar-refractivity contribution is 5.59. The van der Waals surface area contributed by atoms with Crippen LogP contribution in [-0.4, -0.2) is 56.6 Å². The van der Waals surface area contributed by atoms with Crippen LogP contribution in [0.4, 0.5) is 5.69 Å². The average molecular weight is 270 g/mol. The number of nitriles is 1. The molecule has 0 spiro atoms. The zero-order valence-corrected chi connectivity index (χ0v) is 12.3. The lowest BCUT2D eigenvalue weighted by Gasteiger charge is -2.35. The number of likely N-dealkylation sites (N-methyl/N-ethyl adjacent to an activating group) is 2. The van der Waals surface area contributed by atoms with E-state index < -0.39 is 0 Å². The summed E-state index contributed by atoms with van der Waals surface area (Å²) in [6.45, 7) is 5.14. The molecule has 0 saturated carbocycles. The maximum atomic E-state index is 9.58. The molecular formula is C16H22N4. The minimum atomic E-state index is -0.0973. The van der Waals surface area contributed by atoms with E-state index in [4.69, 9.17) is 0 Å². The fourth-order valence-corrected chi connectivity index (χ4v) is 3.20. The fraction of sp³-hybridized carbons (Fsp3) is 0.562. The Bertz CT molecular complexity index is 526. The van der Waals surface area contributed by atoms with Crippen molar-refractivity contribution in [1.82, 2.24) is 9.80 Å². The Labute approximate surface area is 121 Å². The van der Waals surface area contributed by atoms with Gasteiger partial charge in [0.05, 0.1) is 6.07 Å². The zero-order valence-electron chi connectivity index (χ0n) is 12.3. The maximum absolute atomic E-state index is 9.58. The molecular weight excluding hydrogens is 248 g/mol. The Morgan fingerprint density at radius 1 is 1.10 bits per heavy atom. The maximum Gasteiger partial charge on any atom is 0.123 e. The molecule has 2 aliphatic heterocycles. The van der Waals surface area contributed by atoms with Crippen molar-refractivity contribution in [2.45, 2.75) is 12.5 Å². The Morgan fingerprint density at radius 2 is 1.85 bits per heavy atom. The molecule has 3 rings (SSSR count). The highest BCUT2D eigenvalue weighted by Crippen LogP contribution is 2.31. The van der Waals surface area contributed by atoms with Crippen molar-refractivity contribution >= 4 is 5.69 Å². The third-order valence-corrected chi connectivity index (χ3v) is 4.57. The molecule has 106 valence electrons. The van der Waals surface area contributed by atoms with Crippen LogP contribution in [0, 0.1) is 11.3 Å². The third kappa shape index (κ3) is 2.39. The number of rotatable bonds is 2. The summed E-state index contributed by atoms with van der Waals surface area (Å²) < 4.78 is 0. The van der Waals surface area contributed by atoms with Gasteiger partial charge in [-0.25, -0.2) is 0 Å². The molecule has 1 atom stereocenters.